The summed E-state index contributed by atoms with van der Waals surface area (Å²) in [5.74, 6) is -0.0131. The van der Waals surface area contributed by atoms with Crippen molar-refractivity contribution in [3.05, 3.63) is 188 Å². The molecule has 0 aliphatic carbocycles. The Morgan fingerprint density at radius 2 is 0.810 bits per heavy atom. The van der Waals surface area contributed by atoms with Crippen LogP contribution in [0.3, 0.4) is 0 Å². The van der Waals surface area contributed by atoms with Crippen molar-refractivity contribution in [1.29, 1.82) is 0 Å². The first-order chi connectivity index (χ1) is 29.8. The van der Waals surface area contributed by atoms with Gasteiger partial charge in [-0.3, -0.25) is 0 Å². The molecule has 326 valence electrons. The van der Waals surface area contributed by atoms with Gasteiger partial charge in [-0.2, -0.15) is 0 Å². The number of nitrogens with zero attached hydrogens (tertiary/aromatic N) is 2. The van der Waals surface area contributed by atoms with E-state index in [0.29, 0.717) is 0 Å². The van der Waals surface area contributed by atoms with E-state index in [2.05, 4.69) is 240 Å². The first-order valence-corrected chi connectivity index (χ1v) is 23.2. The lowest BCUT2D eigenvalue weighted by atomic mass is 9.82. The minimum atomic E-state index is -0.0962. The number of rotatable bonds is 13. The SMILES string of the molecule is CCC(C)(C)N(c1ccc(C(c2ccc(N(c3c(C)cc(C)cc3C)C(C)(C)CC)cc2)c2ccc(Nc3c(C)cc(C)cc3C)c3ccccc23)cc1)c1c(C)cc(C)cc1C. The minimum absolute atomic E-state index is 0.0131. The Balaban J connectivity index is 1.41. The molecule has 63 heavy (non-hydrogen) atoms. The normalized spacial score (nSPS) is 12.0. The molecular formula is C60H71N3. The maximum Gasteiger partial charge on any atom is 0.0475 e. The third-order valence-electron chi connectivity index (χ3n) is 13.8. The summed E-state index contributed by atoms with van der Waals surface area (Å²) in [5.41, 5.74) is 22.6. The molecule has 0 radical (unpaired) electrons. The second-order valence-corrected chi connectivity index (χ2v) is 19.8. The van der Waals surface area contributed by atoms with E-state index in [1.165, 1.54) is 106 Å². The fraction of sp³-hybridized carbons (Fsp3) is 0.333. The van der Waals surface area contributed by atoms with Crippen LogP contribution in [-0.4, -0.2) is 11.1 Å². The van der Waals surface area contributed by atoms with Gasteiger partial charge in [0.05, 0.1) is 0 Å². The quantitative estimate of drug-likeness (QED) is 0.117. The molecule has 7 aromatic rings. The molecule has 7 aromatic carbocycles. The van der Waals surface area contributed by atoms with Crippen LogP contribution in [-0.2, 0) is 0 Å². The number of nitrogens with one attached hydrogen (secondary N) is 1. The van der Waals surface area contributed by atoms with Crippen molar-refractivity contribution in [3.8, 4) is 0 Å². The van der Waals surface area contributed by atoms with E-state index in [9.17, 15) is 0 Å². The van der Waals surface area contributed by atoms with E-state index in [1.54, 1.807) is 0 Å². The molecule has 7 rings (SSSR count). The number of hydrogen-bond acceptors (Lipinski definition) is 3. The lowest BCUT2D eigenvalue weighted by Gasteiger charge is -2.42. The van der Waals surface area contributed by atoms with Crippen molar-refractivity contribution in [2.45, 2.75) is 134 Å². The van der Waals surface area contributed by atoms with E-state index in [-0.39, 0.29) is 17.0 Å². The first-order valence-electron chi connectivity index (χ1n) is 23.2. The van der Waals surface area contributed by atoms with E-state index >= 15 is 0 Å². The van der Waals surface area contributed by atoms with Gasteiger partial charge in [0.1, 0.15) is 0 Å². The summed E-state index contributed by atoms with van der Waals surface area (Å²) in [6.07, 6.45) is 2.02. The first kappa shape index (κ1) is 45.2. The van der Waals surface area contributed by atoms with Crippen LogP contribution in [0.4, 0.5) is 34.1 Å². The summed E-state index contributed by atoms with van der Waals surface area (Å²) in [7, 11) is 0. The largest absolute Gasteiger partial charge is 0.355 e. The van der Waals surface area contributed by atoms with Gasteiger partial charge >= 0.3 is 0 Å². The van der Waals surface area contributed by atoms with Gasteiger partial charge in [0.15, 0.2) is 0 Å². The fourth-order valence-corrected chi connectivity index (χ4v) is 10.3. The Morgan fingerprint density at radius 1 is 0.444 bits per heavy atom. The maximum atomic E-state index is 3.88. The van der Waals surface area contributed by atoms with Gasteiger partial charge in [-0.15, -0.1) is 0 Å². The number of benzene rings is 7. The summed E-state index contributed by atoms with van der Waals surface area (Å²) in [6, 6.07) is 46.4. The number of aryl methyl sites for hydroxylation is 9. The molecular weight excluding hydrogens is 763 g/mol. The van der Waals surface area contributed by atoms with Crippen LogP contribution in [0.2, 0.25) is 0 Å². The standard InChI is InChI=1S/C60H71N3/c1-16-59(12,13)62(57-43(8)34-39(4)35-44(57)9)49-26-22-47(23-27-49)55(48-24-28-50(29-25-48)63(60(14,15)17-2)58-45(10)36-40(5)37-46(58)11)53-30-31-54(52-21-19-18-20-51(52)53)61-56-41(6)32-38(3)33-42(56)7/h18-37,55,61H,16-17H2,1-15H3. The van der Waals surface area contributed by atoms with Gasteiger partial charge < -0.3 is 15.1 Å². The van der Waals surface area contributed by atoms with Gasteiger partial charge in [0.25, 0.3) is 0 Å². The number of anilines is 6. The Bertz CT molecular complexity index is 2580. The maximum absolute atomic E-state index is 3.88. The molecule has 3 heteroatoms. The highest BCUT2D eigenvalue weighted by atomic mass is 15.2. The van der Waals surface area contributed by atoms with Gasteiger partial charge in [-0.05, 0) is 189 Å². The zero-order chi connectivity index (χ0) is 45.5. The number of fused-ring (bicyclic) bond motifs is 1. The van der Waals surface area contributed by atoms with E-state index in [1.807, 2.05) is 0 Å². The predicted octanol–water partition coefficient (Wildman–Crippen LogP) is 17.2. The molecule has 0 bridgehead atoms. The van der Waals surface area contributed by atoms with E-state index < -0.39 is 0 Å². The second-order valence-electron chi connectivity index (χ2n) is 19.8. The summed E-state index contributed by atoms with van der Waals surface area (Å²) in [5, 5.41) is 6.35. The summed E-state index contributed by atoms with van der Waals surface area (Å²) in [4.78, 5) is 5.16. The highest BCUT2D eigenvalue weighted by Crippen LogP contribution is 2.45. The third-order valence-corrected chi connectivity index (χ3v) is 13.8. The summed E-state index contributed by atoms with van der Waals surface area (Å²) < 4.78 is 0. The molecule has 1 N–H and O–H groups in total. The molecule has 0 aliphatic rings. The van der Waals surface area contributed by atoms with Gasteiger partial charge in [0, 0.05) is 56.5 Å². The van der Waals surface area contributed by atoms with Crippen molar-refractivity contribution in [2.75, 3.05) is 15.1 Å². The van der Waals surface area contributed by atoms with Gasteiger partial charge in [-0.25, -0.2) is 0 Å². The van der Waals surface area contributed by atoms with E-state index in [4.69, 9.17) is 0 Å². The second kappa shape index (κ2) is 17.8. The van der Waals surface area contributed by atoms with Crippen molar-refractivity contribution in [3.63, 3.8) is 0 Å². The smallest absolute Gasteiger partial charge is 0.0475 e. The molecule has 0 aromatic heterocycles. The van der Waals surface area contributed by atoms with Crippen LogP contribution in [0.15, 0.2) is 121 Å². The van der Waals surface area contributed by atoms with Crippen LogP contribution in [0.5, 0.6) is 0 Å². The van der Waals surface area contributed by atoms with E-state index in [0.717, 1.165) is 18.5 Å². The van der Waals surface area contributed by atoms with Crippen LogP contribution < -0.4 is 15.1 Å². The van der Waals surface area contributed by atoms with Crippen molar-refractivity contribution >= 4 is 44.9 Å². The van der Waals surface area contributed by atoms with Crippen LogP contribution >= 0.6 is 0 Å². The van der Waals surface area contributed by atoms with Crippen molar-refractivity contribution < 1.29 is 0 Å². The molecule has 0 atom stereocenters. The third kappa shape index (κ3) is 8.90. The van der Waals surface area contributed by atoms with Crippen LogP contribution in [0.25, 0.3) is 10.8 Å². The summed E-state index contributed by atoms with van der Waals surface area (Å²) >= 11 is 0. The highest BCUT2D eigenvalue weighted by Gasteiger charge is 2.32. The average Bonchev–Trinajstić information content (AvgIpc) is 3.23. The zero-order valence-electron chi connectivity index (χ0n) is 40.9. The summed E-state index contributed by atoms with van der Waals surface area (Å²) in [6.45, 7) is 34.1. The molecule has 0 heterocycles. The van der Waals surface area contributed by atoms with Crippen LogP contribution in [0.1, 0.15) is 127 Å². The highest BCUT2D eigenvalue weighted by molar-refractivity contribution is 5.98. The predicted molar refractivity (Wildman–Crippen MR) is 276 cm³/mol. The molecule has 3 nitrogen and oxygen atoms in total. The Hall–Kier alpha value is -5.80. The Labute approximate surface area is 380 Å². The van der Waals surface area contributed by atoms with Crippen molar-refractivity contribution in [1.82, 2.24) is 0 Å². The topological polar surface area (TPSA) is 18.5 Å². The molecule has 0 amide bonds. The Morgan fingerprint density at radius 3 is 1.19 bits per heavy atom. The molecule has 0 saturated carbocycles. The molecule has 0 aliphatic heterocycles. The molecule has 0 spiro atoms. The molecule has 0 unspecified atom stereocenters. The average molecular weight is 834 g/mol. The molecule has 0 fully saturated rings. The molecule has 0 saturated heterocycles. The lowest BCUT2D eigenvalue weighted by Crippen LogP contribution is -2.41. The fourth-order valence-electron chi connectivity index (χ4n) is 10.3. The lowest BCUT2D eigenvalue weighted by molar-refractivity contribution is 0.486. The van der Waals surface area contributed by atoms with Gasteiger partial charge in [-0.1, -0.05) is 122 Å². The van der Waals surface area contributed by atoms with Crippen LogP contribution in [0, 0.1) is 62.3 Å². The van der Waals surface area contributed by atoms with Gasteiger partial charge in [0.2, 0.25) is 0 Å². The monoisotopic (exact) mass is 834 g/mol. The zero-order valence-corrected chi connectivity index (χ0v) is 40.9. The number of hydrogen-bond donors (Lipinski definition) is 1. The minimum Gasteiger partial charge on any atom is -0.355 e. The van der Waals surface area contributed by atoms with Crippen molar-refractivity contribution in [2.24, 2.45) is 0 Å². The Kier molecular flexibility index (Phi) is 12.7.